The van der Waals surface area contributed by atoms with Crippen LogP contribution in [0.5, 0.6) is 0 Å². The topological polar surface area (TPSA) is 190 Å². The first kappa shape index (κ1) is 20.9. The molecule has 0 aliphatic carbocycles. The summed E-state index contributed by atoms with van der Waals surface area (Å²) in [6.45, 7) is 0. The zero-order valence-electron chi connectivity index (χ0n) is 7.92. The number of aliphatic carboxylic acids is 4. The maximum absolute atomic E-state index is 9.77. The number of carbonyl (C=O) groups is 4. The number of carboxylic acid groups (broad SMARTS) is 4. The van der Waals surface area contributed by atoms with Gasteiger partial charge in [-0.05, 0) is 0 Å². The van der Waals surface area contributed by atoms with Crippen LogP contribution in [0.1, 0.15) is 0 Å². The molecule has 0 amide bonds. The van der Waals surface area contributed by atoms with Crippen molar-refractivity contribution < 1.29 is 72.2 Å². The van der Waals surface area contributed by atoms with Crippen LogP contribution in [0, 0.1) is 0 Å². The molecule has 11 heteroatoms. The Labute approximate surface area is 109 Å². The van der Waals surface area contributed by atoms with Gasteiger partial charge in [0.05, 0.1) is 0 Å². The summed E-state index contributed by atoms with van der Waals surface area (Å²) < 4.78 is 0. The van der Waals surface area contributed by atoms with Crippen LogP contribution in [0.3, 0.4) is 0 Å². The third-order valence-electron chi connectivity index (χ3n) is 0.988. The molecule has 0 heterocycles. The zero-order valence-corrected chi connectivity index (χ0v) is 10.1. The van der Waals surface area contributed by atoms with E-state index in [0.717, 1.165) is 0 Å². The minimum atomic E-state index is -2.27. The summed E-state index contributed by atoms with van der Waals surface area (Å²) in [7, 11) is 0. The molecule has 0 saturated carbocycles. The largest absolute Gasteiger partial charge is 0.479 e. The van der Waals surface area contributed by atoms with Crippen LogP contribution in [-0.2, 0) is 41.6 Å². The SMILES string of the molecule is O=C(O)C(=O)O.O=C(O)C(O)C(O)C(=O)O.[Nb]. The van der Waals surface area contributed by atoms with Crippen LogP contribution in [0.2, 0.25) is 0 Å². The zero-order chi connectivity index (χ0) is 13.5. The summed E-state index contributed by atoms with van der Waals surface area (Å²) >= 11 is 0. The molecular formula is C6H8NbO10. The quantitative estimate of drug-likeness (QED) is 0.230. The molecule has 0 aromatic heterocycles. The van der Waals surface area contributed by atoms with Gasteiger partial charge in [-0.1, -0.05) is 0 Å². The van der Waals surface area contributed by atoms with Gasteiger partial charge in [0.1, 0.15) is 0 Å². The Hall–Kier alpha value is -1.46. The molecule has 0 rings (SSSR count). The Balaban J connectivity index is -0.000000244. The van der Waals surface area contributed by atoms with E-state index < -0.39 is 36.1 Å². The Morgan fingerprint density at radius 3 is 0.882 bits per heavy atom. The fraction of sp³-hybridized carbons (Fsp3) is 0.333. The van der Waals surface area contributed by atoms with Crippen molar-refractivity contribution in [2.24, 2.45) is 0 Å². The van der Waals surface area contributed by atoms with E-state index in [0.29, 0.717) is 0 Å². The van der Waals surface area contributed by atoms with E-state index in [4.69, 9.17) is 40.2 Å². The summed E-state index contributed by atoms with van der Waals surface area (Å²) in [6.07, 6.45) is -4.53. The summed E-state index contributed by atoms with van der Waals surface area (Å²) in [6, 6.07) is 0. The van der Waals surface area contributed by atoms with E-state index in [9.17, 15) is 9.59 Å². The minimum Gasteiger partial charge on any atom is -0.479 e. The smallest absolute Gasteiger partial charge is 0.414 e. The van der Waals surface area contributed by atoms with Gasteiger partial charge < -0.3 is 30.6 Å². The summed E-state index contributed by atoms with van der Waals surface area (Å²) in [5.41, 5.74) is 0. The van der Waals surface area contributed by atoms with Crippen molar-refractivity contribution in [3.63, 3.8) is 0 Å². The van der Waals surface area contributed by atoms with E-state index in [2.05, 4.69) is 0 Å². The second-order valence-electron chi connectivity index (χ2n) is 2.18. The molecule has 17 heavy (non-hydrogen) atoms. The molecule has 6 N–H and O–H groups in total. The number of rotatable bonds is 3. The van der Waals surface area contributed by atoms with E-state index in [1.54, 1.807) is 0 Å². The molecule has 2 atom stereocenters. The first-order valence-corrected chi connectivity index (χ1v) is 3.39. The molecule has 2 unspecified atom stereocenters. The van der Waals surface area contributed by atoms with Gasteiger partial charge in [0.15, 0.2) is 12.2 Å². The molecule has 0 aromatic rings. The Bertz CT molecular complexity index is 269. The number of carboxylic acids is 4. The predicted octanol–water partition coefficient (Wildman–Crippen LogP) is -2.97. The Kier molecular flexibility index (Phi) is 12.0. The predicted molar refractivity (Wildman–Crippen MR) is 42.6 cm³/mol. The van der Waals surface area contributed by atoms with Crippen molar-refractivity contribution in [3.05, 3.63) is 0 Å². The molecule has 0 spiro atoms. The minimum absolute atomic E-state index is 0. The van der Waals surface area contributed by atoms with Gasteiger partial charge >= 0.3 is 23.9 Å². The van der Waals surface area contributed by atoms with Crippen molar-refractivity contribution >= 4 is 23.9 Å². The van der Waals surface area contributed by atoms with E-state index >= 15 is 0 Å². The van der Waals surface area contributed by atoms with Gasteiger partial charge in [-0.3, -0.25) is 0 Å². The van der Waals surface area contributed by atoms with Gasteiger partial charge in [0.2, 0.25) is 0 Å². The molecule has 0 fully saturated rings. The maximum atomic E-state index is 9.77. The van der Waals surface area contributed by atoms with Gasteiger partial charge in [-0.15, -0.1) is 0 Å². The number of hydrogen-bond acceptors (Lipinski definition) is 6. The first-order valence-electron chi connectivity index (χ1n) is 3.39. The summed E-state index contributed by atoms with van der Waals surface area (Å²) in [5, 5.41) is 47.3. The molecule has 0 saturated heterocycles. The molecule has 97 valence electrons. The van der Waals surface area contributed by atoms with E-state index in [-0.39, 0.29) is 22.4 Å². The fourth-order valence-corrected chi connectivity index (χ4v) is 0.270. The number of aliphatic hydroxyl groups is 2. The van der Waals surface area contributed by atoms with Crippen molar-refractivity contribution in [2.45, 2.75) is 12.2 Å². The van der Waals surface area contributed by atoms with Gasteiger partial charge in [-0.25, -0.2) is 19.2 Å². The standard InChI is InChI=1S/C4H6O6.C2H2O4.Nb/c5-1(3(7)8)2(6)4(9)10;3-1(4)2(5)6;/h1-2,5-6H,(H,7,8)(H,9,10);(H,3,4)(H,5,6);. The van der Waals surface area contributed by atoms with Gasteiger partial charge in [0.25, 0.3) is 0 Å². The van der Waals surface area contributed by atoms with Gasteiger partial charge in [-0.2, -0.15) is 0 Å². The van der Waals surface area contributed by atoms with Gasteiger partial charge in [0, 0.05) is 22.4 Å². The summed E-state index contributed by atoms with van der Waals surface area (Å²) in [4.78, 5) is 37.7. The monoisotopic (exact) mass is 333 g/mol. The average molecular weight is 333 g/mol. The normalized spacial score (nSPS) is 11.9. The van der Waals surface area contributed by atoms with Crippen LogP contribution < -0.4 is 0 Å². The first-order chi connectivity index (χ1) is 7.11. The van der Waals surface area contributed by atoms with E-state index in [1.165, 1.54) is 0 Å². The number of hydrogen-bond donors (Lipinski definition) is 6. The second kappa shape index (κ2) is 9.74. The average Bonchev–Trinajstić information content (AvgIpc) is 2.15. The molecule has 0 aliphatic rings. The van der Waals surface area contributed by atoms with Crippen molar-refractivity contribution in [1.29, 1.82) is 0 Å². The van der Waals surface area contributed by atoms with E-state index in [1.807, 2.05) is 0 Å². The van der Waals surface area contributed by atoms with Crippen LogP contribution in [0.15, 0.2) is 0 Å². The third kappa shape index (κ3) is 10.8. The second-order valence-corrected chi connectivity index (χ2v) is 2.18. The van der Waals surface area contributed by atoms with Crippen molar-refractivity contribution in [3.8, 4) is 0 Å². The fourth-order valence-electron chi connectivity index (χ4n) is 0.270. The maximum Gasteiger partial charge on any atom is 0.414 e. The molecule has 0 bridgehead atoms. The molecular weight excluding hydrogens is 325 g/mol. The molecule has 1 radical (unpaired) electrons. The van der Waals surface area contributed by atoms with Crippen LogP contribution in [0.4, 0.5) is 0 Å². The molecule has 0 aliphatic heterocycles. The molecule has 10 nitrogen and oxygen atoms in total. The third-order valence-corrected chi connectivity index (χ3v) is 0.988. The molecule has 0 aromatic carbocycles. The van der Waals surface area contributed by atoms with Crippen LogP contribution in [0.25, 0.3) is 0 Å². The van der Waals surface area contributed by atoms with Crippen LogP contribution >= 0.6 is 0 Å². The number of aliphatic hydroxyl groups excluding tert-OH is 2. The van der Waals surface area contributed by atoms with Crippen molar-refractivity contribution in [2.75, 3.05) is 0 Å². The summed E-state index contributed by atoms with van der Waals surface area (Å²) in [5.74, 6) is -7.19. The van der Waals surface area contributed by atoms with Crippen molar-refractivity contribution in [1.82, 2.24) is 0 Å². The van der Waals surface area contributed by atoms with Crippen LogP contribution in [-0.4, -0.2) is 66.7 Å². The Morgan fingerprint density at radius 2 is 0.824 bits per heavy atom. The Morgan fingerprint density at radius 1 is 0.647 bits per heavy atom.